The standard InChI is InChI=1S/C27H27ClN2O2/c1-4-16-27(2)26(31)30(18-19-10-13-22(32-3)14-11-19)24-15-12-21(28)17-23(24)25(29-27)20-8-6-5-7-9-20/h5-15,17H,4,16,18H2,1-3H3. The molecule has 0 fully saturated rings. The van der Waals surface area contributed by atoms with Crippen molar-refractivity contribution >= 4 is 28.9 Å². The largest absolute Gasteiger partial charge is 0.497 e. The van der Waals surface area contributed by atoms with Gasteiger partial charge in [0.2, 0.25) is 0 Å². The fourth-order valence-electron chi connectivity index (χ4n) is 4.22. The maximum Gasteiger partial charge on any atom is 0.254 e. The SMILES string of the molecule is CCCC1(C)N=C(c2ccccc2)c2cc(Cl)ccc2N(Cc2ccc(OC)cc2)C1=O. The van der Waals surface area contributed by atoms with Gasteiger partial charge in [-0.15, -0.1) is 0 Å². The number of methoxy groups -OCH3 is 1. The molecule has 1 amide bonds. The van der Waals surface area contributed by atoms with Gasteiger partial charge in [0.15, 0.2) is 0 Å². The quantitative estimate of drug-likeness (QED) is 0.446. The summed E-state index contributed by atoms with van der Waals surface area (Å²) in [5.41, 5.74) is 3.59. The molecule has 0 saturated carbocycles. The number of aliphatic imine (C=N–C) groups is 1. The Morgan fingerprint density at radius 3 is 2.41 bits per heavy atom. The van der Waals surface area contributed by atoms with E-state index in [-0.39, 0.29) is 5.91 Å². The van der Waals surface area contributed by atoms with Crippen molar-refractivity contribution in [3.63, 3.8) is 0 Å². The van der Waals surface area contributed by atoms with Gasteiger partial charge >= 0.3 is 0 Å². The topological polar surface area (TPSA) is 41.9 Å². The molecule has 164 valence electrons. The second kappa shape index (κ2) is 9.17. The molecule has 0 N–H and O–H groups in total. The van der Waals surface area contributed by atoms with Crippen LogP contribution >= 0.6 is 11.6 Å². The molecule has 0 bridgehead atoms. The lowest BCUT2D eigenvalue weighted by Gasteiger charge is -2.30. The summed E-state index contributed by atoms with van der Waals surface area (Å²) in [6.45, 7) is 4.46. The molecule has 3 aromatic carbocycles. The summed E-state index contributed by atoms with van der Waals surface area (Å²) in [7, 11) is 1.64. The smallest absolute Gasteiger partial charge is 0.254 e. The Morgan fingerprint density at radius 2 is 1.75 bits per heavy atom. The average molecular weight is 447 g/mol. The molecule has 4 rings (SSSR count). The summed E-state index contributed by atoms with van der Waals surface area (Å²) in [4.78, 5) is 20.9. The zero-order valence-electron chi connectivity index (χ0n) is 18.6. The second-order valence-corrected chi connectivity index (χ2v) is 8.69. The number of nitrogens with zero attached hydrogens (tertiary/aromatic N) is 2. The monoisotopic (exact) mass is 446 g/mol. The molecule has 1 unspecified atom stereocenters. The Bertz CT molecular complexity index is 1140. The zero-order chi connectivity index (χ0) is 22.7. The van der Waals surface area contributed by atoms with E-state index in [1.807, 2.05) is 84.6 Å². The molecule has 5 heteroatoms. The highest BCUT2D eigenvalue weighted by atomic mass is 35.5. The molecule has 1 aliphatic rings. The molecular formula is C27H27ClN2O2. The molecule has 3 aromatic rings. The third-order valence-corrected chi connectivity index (χ3v) is 6.09. The minimum atomic E-state index is -0.877. The number of benzodiazepines with no additional fused rings is 1. The molecule has 4 nitrogen and oxygen atoms in total. The number of ether oxygens (including phenoxy) is 1. The normalized spacial score (nSPS) is 18.1. The lowest BCUT2D eigenvalue weighted by Crippen LogP contribution is -2.45. The van der Waals surface area contributed by atoms with Gasteiger partial charge in [-0.25, -0.2) is 0 Å². The van der Waals surface area contributed by atoms with Crippen LogP contribution in [0.2, 0.25) is 5.02 Å². The molecule has 32 heavy (non-hydrogen) atoms. The summed E-state index contributed by atoms with van der Waals surface area (Å²) >= 11 is 6.42. The second-order valence-electron chi connectivity index (χ2n) is 8.25. The summed E-state index contributed by atoms with van der Waals surface area (Å²) in [6.07, 6.45) is 1.50. The molecule has 0 radical (unpaired) electrons. The van der Waals surface area contributed by atoms with Crippen LogP contribution in [-0.4, -0.2) is 24.3 Å². The number of halogens is 1. The predicted molar refractivity (Wildman–Crippen MR) is 131 cm³/mol. The molecule has 1 atom stereocenters. The van der Waals surface area contributed by atoms with Crippen LogP contribution < -0.4 is 9.64 Å². The fraction of sp³-hybridized carbons (Fsp3) is 0.259. The van der Waals surface area contributed by atoms with Crippen LogP contribution in [0.5, 0.6) is 5.75 Å². The van der Waals surface area contributed by atoms with E-state index < -0.39 is 5.54 Å². The van der Waals surface area contributed by atoms with E-state index in [2.05, 4.69) is 6.92 Å². The Balaban J connectivity index is 1.89. The van der Waals surface area contributed by atoms with Gasteiger partial charge in [-0.2, -0.15) is 0 Å². The highest BCUT2D eigenvalue weighted by Crippen LogP contribution is 2.36. The van der Waals surface area contributed by atoms with Gasteiger partial charge < -0.3 is 9.64 Å². The number of carbonyl (C=O) groups is 1. The Labute approximate surface area is 194 Å². The summed E-state index contributed by atoms with van der Waals surface area (Å²) in [6, 6.07) is 23.5. The van der Waals surface area contributed by atoms with Crippen LogP contribution in [0.25, 0.3) is 0 Å². The number of amides is 1. The molecule has 0 saturated heterocycles. The lowest BCUT2D eigenvalue weighted by molar-refractivity contribution is -0.123. The highest BCUT2D eigenvalue weighted by Gasteiger charge is 2.40. The van der Waals surface area contributed by atoms with Gasteiger partial charge in [-0.3, -0.25) is 9.79 Å². The van der Waals surface area contributed by atoms with Crippen LogP contribution in [0.15, 0.2) is 77.8 Å². The van der Waals surface area contributed by atoms with E-state index in [1.54, 1.807) is 7.11 Å². The van der Waals surface area contributed by atoms with E-state index >= 15 is 0 Å². The summed E-state index contributed by atoms with van der Waals surface area (Å²) < 4.78 is 5.28. The predicted octanol–water partition coefficient (Wildman–Crippen LogP) is 6.29. The molecular weight excluding hydrogens is 420 g/mol. The number of rotatable bonds is 6. The molecule has 1 aliphatic heterocycles. The number of carbonyl (C=O) groups excluding carboxylic acids is 1. The Hall–Kier alpha value is -3.11. The van der Waals surface area contributed by atoms with Crippen molar-refractivity contribution in [1.29, 1.82) is 0 Å². The zero-order valence-corrected chi connectivity index (χ0v) is 19.4. The van der Waals surface area contributed by atoms with Gasteiger partial charge in [-0.1, -0.05) is 67.4 Å². The van der Waals surface area contributed by atoms with Gasteiger partial charge in [-0.05, 0) is 49.2 Å². The van der Waals surface area contributed by atoms with E-state index in [4.69, 9.17) is 21.3 Å². The minimum absolute atomic E-state index is 0.00956. The maximum atomic E-state index is 14.0. The van der Waals surface area contributed by atoms with E-state index in [1.165, 1.54) is 0 Å². The molecule has 0 aliphatic carbocycles. The average Bonchev–Trinajstić information content (AvgIpc) is 2.89. The van der Waals surface area contributed by atoms with E-state index in [9.17, 15) is 4.79 Å². The highest BCUT2D eigenvalue weighted by molar-refractivity contribution is 6.32. The van der Waals surface area contributed by atoms with Gasteiger partial charge in [0.05, 0.1) is 25.1 Å². The molecule has 0 spiro atoms. The van der Waals surface area contributed by atoms with Crippen molar-refractivity contribution in [3.05, 3.63) is 94.5 Å². The van der Waals surface area contributed by atoms with E-state index in [0.717, 1.165) is 40.3 Å². The first kappa shape index (κ1) is 22.1. The van der Waals surface area contributed by atoms with Crippen molar-refractivity contribution in [2.45, 2.75) is 38.8 Å². The van der Waals surface area contributed by atoms with Crippen molar-refractivity contribution < 1.29 is 9.53 Å². The first-order valence-electron chi connectivity index (χ1n) is 10.9. The van der Waals surface area contributed by atoms with Crippen molar-refractivity contribution in [3.8, 4) is 5.75 Å². The van der Waals surface area contributed by atoms with Crippen LogP contribution in [0, 0.1) is 0 Å². The number of fused-ring (bicyclic) bond motifs is 1. The Morgan fingerprint density at radius 1 is 1.03 bits per heavy atom. The van der Waals surface area contributed by atoms with Crippen LogP contribution in [0.1, 0.15) is 43.4 Å². The van der Waals surface area contributed by atoms with Crippen LogP contribution in [-0.2, 0) is 11.3 Å². The molecule has 0 aromatic heterocycles. The lowest BCUT2D eigenvalue weighted by atomic mass is 9.94. The summed E-state index contributed by atoms with van der Waals surface area (Å²) in [5, 5.41) is 0.614. The van der Waals surface area contributed by atoms with Crippen molar-refractivity contribution in [2.75, 3.05) is 12.0 Å². The van der Waals surface area contributed by atoms with E-state index in [0.29, 0.717) is 18.0 Å². The fourth-order valence-corrected chi connectivity index (χ4v) is 4.40. The van der Waals surface area contributed by atoms with Crippen LogP contribution in [0.3, 0.4) is 0 Å². The van der Waals surface area contributed by atoms with Gasteiger partial charge in [0.25, 0.3) is 5.91 Å². The first-order valence-corrected chi connectivity index (χ1v) is 11.2. The summed E-state index contributed by atoms with van der Waals surface area (Å²) in [5.74, 6) is 0.776. The van der Waals surface area contributed by atoms with Crippen molar-refractivity contribution in [1.82, 2.24) is 0 Å². The number of hydrogen-bond donors (Lipinski definition) is 0. The maximum absolute atomic E-state index is 14.0. The third kappa shape index (κ3) is 4.28. The van der Waals surface area contributed by atoms with Crippen LogP contribution in [0.4, 0.5) is 5.69 Å². The molecule has 1 heterocycles. The third-order valence-electron chi connectivity index (χ3n) is 5.85. The number of benzene rings is 3. The minimum Gasteiger partial charge on any atom is -0.497 e. The number of hydrogen-bond acceptors (Lipinski definition) is 3. The van der Waals surface area contributed by atoms with Crippen molar-refractivity contribution in [2.24, 2.45) is 4.99 Å². The first-order chi connectivity index (χ1) is 15.4. The van der Waals surface area contributed by atoms with Gasteiger partial charge in [0.1, 0.15) is 11.3 Å². The number of anilines is 1. The van der Waals surface area contributed by atoms with Gasteiger partial charge in [0, 0.05) is 16.1 Å². The Kier molecular flexibility index (Phi) is 6.33.